The van der Waals surface area contributed by atoms with Crippen LogP contribution >= 0.6 is 0 Å². The minimum Gasteiger partial charge on any atom is -0.394 e. The fraction of sp³-hybridized carbons (Fsp3) is 0.556. The van der Waals surface area contributed by atoms with Gasteiger partial charge in [0.25, 0.3) is 5.56 Å². The number of hydrogen-bond donors (Lipinski definition) is 4. The van der Waals surface area contributed by atoms with Gasteiger partial charge >= 0.3 is 5.69 Å². The van der Waals surface area contributed by atoms with E-state index in [9.17, 15) is 24.2 Å². The number of H-pyrrole nitrogens is 1. The molecular weight excluding hydrogens is 251 g/mol. The molecule has 1 aromatic rings. The normalized spacial score (nSPS) is 32.6. The number of aromatic nitrogens is 2. The summed E-state index contributed by atoms with van der Waals surface area (Å²) in [6.45, 7) is -0.636. The Bertz CT molecular complexity index is 601. The van der Waals surface area contributed by atoms with Crippen molar-refractivity contribution in [3.63, 3.8) is 0 Å². The molecule has 4 N–H and O–H groups in total. The van der Waals surface area contributed by atoms with Crippen molar-refractivity contribution in [2.45, 2.75) is 24.5 Å². The predicted molar refractivity (Wildman–Crippen MR) is 54.3 cm³/mol. The van der Waals surface area contributed by atoms with E-state index in [1.165, 1.54) is 0 Å². The molecule has 4 atom stereocenters. The van der Waals surface area contributed by atoms with Crippen molar-refractivity contribution < 1.29 is 25.8 Å². The predicted octanol–water partition coefficient (Wildman–Crippen LogP) is -2.71. The Balaban J connectivity index is 2.52. The van der Waals surface area contributed by atoms with Crippen molar-refractivity contribution in [3.8, 4) is 0 Å². The highest BCUT2D eigenvalue weighted by atomic mass is 19.1. The molecule has 0 amide bonds. The first-order valence-corrected chi connectivity index (χ1v) is 5.01. The average molecular weight is 264 g/mol. The molecule has 2 rings (SSSR count). The summed E-state index contributed by atoms with van der Waals surface area (Å²) < 4.78 is 26.0. The van der Waals surface area contributed by atoms with Gasteiger partial charge in [0.1, 0.15) is 18.3 Å². The van der Waals surface area contributed by atoms with Gasteiger partial charge in [0.2, 0.25) is 5.82 Å². The number of aliphatic hydroxyl groups is 3. The maximum Gasteiger partial charge on any atom is 0.330 e. The summed E-state index contributed by atoms with van der Waals surface area (Å²) >= 11 is 0. The van der Waals surface area contributed by atoms with Crippen molar-refractivity contribution in [2.75, 3.05) is 6.61 Å². The highest BCUT2D eigenvalue weighted by Crippen LogP contribution is 2.27. The third kappa shape index (κ3) is 1.97. The number of hydrogen-bond acceptors (Lipinski definition) is 6. The van der Waals surface area contributed by atoms with Crippen molar-refractivity contribution in [1.82, 2.24) is 9.55 Å². The van der Waals surface area contributed by atoms with Crippen LogP contribution in [-0.2, 0) is 4.74 Å². The third-order valence-electron chi connectivity index (χ3n) is 2.63. The topological polar surface area (TPSA) is 125 Å². The SMILES string of the molecule is [3H]c1c(F)c(=O)[nH]c(=O)n1[C@@H]1O[C@H](CO)[C@@H](O)[C@H]1O. The van der Waals surface area contributed by atoms with E-state index in [0.29, 0.717) is 4.57 Å². The number of ether oxygens (including phenoxy) is 1. The molecule has 1 saturated heterocycles. The van der Waals surface area contributed by atoms with E-state index in [1.54, 1.807) is 4.98 Å². The third-order valence-corrected chi connectivity index (χ3v) is 2.63. The molecule has 1 fully saturated rings. The summed E-state index contributed by atoms with van der Waals surface area (Å²) in [5.74, 6) is -1.52. The highest BCUT2D eigenvalue weighted by molar-refractivity contribution is 4.94. The minimum atomic E-state index is -1.65. The van der Waals surface area contributed by atoms with E-state index in [2.05, 4.69) is 0 Å². The average Bonchev–Trinajstić information content (AvgIpc) is 2.64. The highest BCUT2D eigenvalue weighted by Gasteiger charge is 2.43. The quantitative estimate of drug-likeness (QED) is 0.460. The molecule has 0 saturated carbocycles. The molecule has 100 valence electrons. The van der Waals surface area contributed by atoms with Gasteiger partial charge in [0, 0.05) is 0 Å². The van der Waals surface area contributed by atoms with Crippen LogP contribution < -0.4 is 11.2 Å². The van der Waals surface area contributed by atoms with Gasteiger partial charge in [0.15, 0.2) is 6.23 Å². The van der Waals surface area contributed by atoms with Crippen LogP contribution in [0.5, 0.6) is 0 Å². The zero-order valence-corrected chi connectivity index (χ0v) is 8.91. The molecule has 1 aromatic heterocycles. The molecule has 0 aliphatic carbocycles. The second-order valence-electron chi connectivity index (χ2n) is 3.78. The molecule has 9 heteroatoms. The monoisotopic (exact) mass is 264 g/mol. The Labute approximate surface area is 100 Å². The molecule has 1 aliphatic heterocycles. The summed E-state index contributed by atoms with van der Waals surface area (Å²) in [4.78, 5) is 24.1. The molecule has 8 nitrogen and oxygen atoms in total. The number of aromatic amines is 1. The maximum atomic E-state index is 13.3. The number of rotatable bonds is 2. The summed E-state index contributed by atoms with van der Waals surface area (Å²) in [5, 5.41) is 28.1. The lowest BCUT2D eigenvalue weighted by molar-refractivity contribution is -0.0554. The van der Waals surface area contributed by atoms with Crippen LogP contribution in [0.2, 0.25) is 0 Å². The van der Waals surface area contributed by atoms with Crippen molar-refractivity contribution in [3.05, 3.63) is 32.8 Å². The Morgan fingerprint density at radius 2 is 2.17 bits per heavy atom. The Morgan fingerprint density at radius 1 is 1.50 bits per heavy atom. The molecule has 1 aliphatic rings. The van der Waals surface area contributed by atoms with E-state index in [1.807, 2.05) is 0 Å². The lowest BCUT2D eigenvalue weighted by Gasteiger charge is -2.16. The fourth-order valence-electron chi connectivity index (χ4n) is 1.69. The largest absolute Gasteiger partial charge is 0.394 e. The van der Waals surface area contributed by atoms with Gasteiger partial charge in [-0.2, -0.15) is 4.39 Å². The Morgan fingerprint density at radius 3 is 2.72 bits per heavy atom. The summed E-state index contributed by atoms with van der Waals surface area (Å²) in [5.41, 5.74) is -2.52. The van der Waals surface area contributed by atoms with E-state index < -0.39 is 54.4 Å². The number of nitrogens with zero attached hydrogens (tertiary/aromatic N) is 1. The lowest BCUT2D eigenvalue weighted by atomic mass is 10.1. The van der Waals surface area contributed by atoms with Gasteiger partial charge in [-0.05, 0) is 0 Å². The van der Waals surface area contributed by atoms with Crippen LogP contribution in [-0.4, -0.2) is 49.8 Å². The molecule has 0 spiro atoms. The van der Waals surface area contributed by atoms with E-state index >= 15 is 0 Å². The molecule has 0 aromatic carbocycles. The standard InChI is InChI=1S/C9H11FN2O6/c10-3-1-12(9(17)11-7(3)16)8-6(15)5(14)4(2-13)18-8/h1,4-6,8,13-15H,2H2,(H,11,16,17)/t4-,5-,6-,8-/m1/s1/i1T. The first-order valence-electron chi connectivity index (χ1n) is 5.51. The van der Waals surface area contributed by atoms with Gasteiger partial charge in [-0.15, -0.1) is 0 Å². The van der Waals surface area contributed by atoms with Crippen LogP contribution in [0.25, 0.3) is 0 Å². The summed E-state index contributed by atoms with van der Waals surface area (Å²) in [6.07, 6.45) is -6.98. The maximum absolute atomic E-state index is 13.3. The molecule has 0 bridgehead atoms. The second-order valence-corrected chi connectivity index (χ2v) is 3.78. The fourth-order valence-corrected chi connectivity index (χ4v) is 1.69. The van der Waals surface area contributed by atoms with Gasteiger partial charge in [-0.1, -0.05) is 0 Å². The molecule has 18 heavy (non-hydrogen) atoms. The number of halogens is 1. The smallest absolute Gasteiger partial charge is 0.330 e. The summed E-state index contributed by atoms with van der Waals surface area (Å²) in [6, 6.07) is 0. The van der Waals surface area contributed by atoms with Crippen molar-refractivity contribution in [1.29, 1.82) is 0 Å². The van der Waals surface area contributed by atoms with Crippen molar-refractivity contribution >= 4 is 0 Å². The van der Waals surface area contributed by atoms with Gasteiger partial charge < -0.3 is 20.1 Å². The van der Waals surface area contributed by atoms with E-state index in [4.69, 9.17) is 11.2 Å². The lowest BCUT2D eigenvalue weighted by Crippen LogP contribution is -2.38. The van der Waals surface area contributed by atoms with Gasteiger partial charge in [0.05, 0.1) is 14.2 Å². The minimum absolute atomic E-state index is 0.361. The van der Waals surface area contributed by atoms with E-state index in [0.717, 1.165) is 0 Å². The van der Waals surface area contributed by atoms with Crippen LogP contribution in [0.1, 0.15) is 7.60 Å². The van der Waals surface area contributed by atoms with Gasteiger partial charge in [-0.3, -0.25) is 14.3 Å². The molecule has 0 radical (unpaired) electrons. The molecule has 2 heterocycles. The zero-order chi connectivity index (χ0) is 14.3. The van der Waals surface area contributed by atoms with Gasteiger partial charge in [-0.25, -0.2) is 4.79 Å². The van der Waals surface area contributed by atoms with Crippen LogP contribution in [0, 0.1) is 5.82 Å². The van der Waals surface area contributed by atoms with E-state index in [-0.39, 0.29) is 0 Å². The van der Waals surface area contributed by atoms with Crippen LogP contribution in [0.4, 0.5) is 4.39 Å². The first-order chi connectivity index (χ1) is 8.88. The Hall–Kier alpha value is -1.55. The van der Waals surface area contributed by atoms with Crippen LogP contribution in [0.15, 0.2) is 15.8 Å². The second kappa shape index (κ2) is 4.61. The zero-order valence-electron chi connectivity index (χ0n) is 9.91. The Kier molecular flexibility index (Phi) is 2.96. The number of nitrogens with one attached hydrogen (secondary N) is 1. The molecular formula is C9H11FN2O6. The first kappa shape index (κ1) is 11.5. The van der Waals surface area contributed by atoms with Crippen LogP contribution in [0.3, 0.4) is 0 Å². The van der Waals surface area contributed by atoms with Crippen molar-refractivity contribution in [2.24, 2.45) is 0 Å². The number of aliphatic hydroxyl groups excluding tert-OH is 3. The molecule has 0 unspecified atom stereocenters. The summed E-state index contributed by atoms with van der Waals surface area (Å²) in [7, 11) is 0.